The first-order chi connectivity index (χ1) is 11.2. The van der Waals surface area contributed by atoms with E-state index < -0.39 is 16.9 Å². The highest BCUT2D eigenvalue weighted by Gasteiger charge is 2.34. The second kappa shape index (κ2) is 6.98. The summed E-state index contributed by atoms with van der Waals surface area (Å²) in [6, 6.07) is 4.06. The van der Waals surface area contributed by atoms with Crippen molar-refractivity contribution in [1.82, 2.24) is 0 Å². The quantitative estimate of drug-likeness (QED) is 0.623. The minimum atomic E-state index is -2.61. The van der Waals surface area contributed by atoms with E-state index in [1.54, 1.807) is 0 Å². The number of hydrogen-bond acceptors (Lipinski definition) is 4. The third-order valence-corrected chi connectivity index (χ3v) is 4.27. The van der Waals surface area contributed by atoms with E-state index in [4.69, 9.17) is 5.11 Å². The summed E-state index contributed by atoms with van der Waals surface area (Å²) in [5.41, 5.74) is 0.179. The van der Waals surface area contributed by atoms with Gasteiger partial charge in [0.15, 0.2) is 0 Å². The van der Waals surface area contributed by atoms with Gasteiger partial charge in [0.25, 0.3) is 5.69 Å². The fourth-order valence-electron chi connectivity index (χ4n) is 2.70. The molecule has 1 aromatic carbocycles. The predicted octanol–water partition coefficient (Wildman–Crippen LogP) is 3.95. The summed E-state index contributed by atoms with van der Waals surface area (Å²) in [6.45, 7) is 0.366. The van der Waals surface area contributed by atoms with Gasteiger partial charge in [0.2, 0.25) is 5.92 Å². The summed E-state index contributed by atoms with van der Waals surface area (Å²) >= 11 is 0. The van der Waals surface area contributed by atoms with E-state index in [0.29, 0.717) is 19.4 Å². The molecule has 0 spiro atoms. The summed E-state index contributed by atoms with van der Waals surface area (Å²) in [7, 11) is 1.29. The van der Waals surface area contributed by atoms with E-state index in [0.717, 1.165) is 4.90 Å². The Hall–Kier alpha value is -2.45. The lowest BCUT2D eigenvalue weighted by atomic mass is 9.87. The van der Waals surface area contributed by atoms with Crippen LogP contribution in [-0.4, -0.2) is 35.6 Å². The lowest BCUT2D eigenvalue weighted by Crippen LogP contribution is -2.28. The number of hydrogen-bond donors (Lipinski definition) is 2. The van der Waals surface area contributed by atoms with E-state index >= 15 is 0 Å². The van der Waals surface area contributed by atoms with Crippen molar-refractivity contribution in [1.29, 1.82) is 0 Å². The first kappa shape index (κ1) is 17.9. The number of nitro benzene ring substituents is 1. The number of anilines is 2. The SMILES string of the molecule is CN(C(=O)O)c1ccc(NCC2CCC(F)(F)CC2)c([N+](=O)[O-])c1. The second-order valence-electron chi connectivity index (χ2n) is 5.98. The summed E-state index contributed by atoms with van der Waals surface area (Å²) in [5.74, 6) is -2.57. The number of alkyl halides is 2. The number of nitrogens with one attached hydrogen (secondary N) is 1. The van der Waals surface area contributed by atoms with E-state index in [-0.39, 0.29) is 35.8 Å². The van der Waals surface area contributed by atoms with Crippen LogP contribution in [-0.2, 0) is 0 Å². The summed E-state index contributed by atoms with van der Waals surface area (Å²) in [5, 5.41) is 23.1. The highest BCUT2D eigenvalue weighted by Crippen LogP contribution is 2.37. The molecule has 0 saturated heterocycles. The van der Waals surface area contributed by atoms with E-state index in [1.165, 1.54) is 25.2 Å². The summed E-state index contributed by atoms with van der Waals surface area (Å²) in [4.78, 5) is 22.4. The molecule has 0 unspecified atom stereocenters. The van der Waals surface area contributed by atoms with Crippen LogP contribution in [0.2, 0.25) is 0 Å². The molecule has 0 heterocycles. The van der Waals surface area contributed by atoms with Crippen LogP contribution in [0.15, 0.2) is 18.2 Å². The van der Waals surface area contributed by atoms with E-state index in [9.17, 15) is 23.7 Å². The van der Waals surface area contributed by atoms with Gasteiger partial charge in [-0.3, -0.25) is 15.0 Å². The largest absolute Gasteiger partial charge is 0.465 e. The average molecular weight is 343 g/mol. The van der Waals surface area contributed by atoms with Crippen molar-refractivity contribution in [3.63, 3.8) is 0 Å². The lowest BCUT2D eigenvalue weighted by Gasteiger charge is -2.28. The molecule has 24 heavy (non-hydrogen) atoms. The van der Waals surface area contributed by atoms with Gasteiger partial charge in [-0.15, -0.1) is 0 Å². The molecule has 1 aliphatic rings. The van der Waals surface area contributed by atoms with Crippen LogP contribution < -0.4 is 10.2 Å². The van der Waals surface area contributed by atoms with Crippen LogP contribution in [0.4, 0.5) is 30.6 Å². The number of halogens is 2. The Labute approximate surface area is 137 Å². The van der Waals surface area contributed by atoms with Crippen LogP contribution >= 0.6 is 0 Å². The molecule has 0 bridgehead atoms. The topological polar surface area (TPSA) is 95.7 Å². The molecule has 1 aliphatic carbocycles. The number of rotatable bonds is 5. The fourth-order valence-corrected chi connectivity index (χ4v) is 2.70. The third-order valence-electron chi connectivity index (χ3n) is 4.27. The van der Waals surface area contributed by atoms with Crippen molar-refractivity contribution in [3.05, 3.63) is 28.3 Å². The molecule has 0 aliphatic heterocycles. The third kappa shape index (κ3) is 4.30. The van der Waals surface area contributed by atoms with Crippen molar-refractivity contribution >= 4 is 23.2 Å². The van der Waals surface area contributed by atoms with Crippen LogP contribution in [0.3, 0.4) is 0 Å². The fraction of sp³-hybridized carbons (Fsp3) is 0.533. The van der Waals surface area contributed by atoms with Crippen molar-refractivity contribution in [2.24, 2.45) is 5.92 Å². The average Bonchev–Trinajstić information content (AvgIpc) is 2.52. The Morgan fingerprint density at radius 2 is 2.08 bits per heavy atom. The Morgan fingerprint density at radius 3 is 2.62 bits per heavy atom. The number of nitrogens with zero attached hydrogens (tertiary/aromatic N) is 2. The van der Waals surface area contributed by atoms with Gasteiger partial charge in [-0.25, -0.2) is 13.6 Å². The minimum absolute atomic E-state index is 0.0330. The molecule has 2 rings (SSSR count). The van der Waals surface area contributed by atoms with Gasteiger partial charge in [0.05, 0.1) is 10.6 Å². The molecule has 0 atom stereocenters. The maximum absolute atomic E-state index is 13.1. The maximum Gasteiger partial charge on any atom is 0.411 e. The van der Waals surface area contributed by atoms with Crippen LogP contribution in [0.5, 0.6) is 0 Å². The molecule has 1 amide bonds. The first-order valence-corrected chi connectivity index (χ1v) is 7.56. The Morgan fingerprint density at radius 1 is 1.46 bits per heavy atom. The molecule has 0 aromatic heterocycles. The van der Waals surface area contributed by atoms with Crippen LogP contribution in [0.1, 0.15) is 25.7 Å². The Bertz CT molecular complexity index is 629. The minimum Gasteiger partial charge on any atom is -0.465 e. The predicted molar refractivity (Wildman–Crippen MR) is 84.9 cm³/mol. The van der Waals surface area contributed by atoms with Crippen LogP contribution in [0, 0.1) is 16.0 Å². The molecule has 0 radical (unpaired) electrons. The van der Waals surface area contributed by atoms with E-state index in [1.807, 2.05) is 0 Å². The summed E-state index contributed by atoms with van der Waals surface area (Å²) < 4.78 is 26.3. The molecule has 1 aromatic rings. The lowest BCUT2D eigenvalue weighted by molar-refractivity contribution is -0.383. The summed E-state index contributed by atoms with van der Waals surface area (Å²) in [6.07, 6.45) is -0.817. The van der Waals surface area contributed by atoms with Gasteiger partial charge in [-0.2, -0.15) is 0 Å². The number of carboxylic acid groups (broad SMARTS) is 1. The van der Waals surface area contributed by atoms with Gasteiger partial charge in [-0.05, 0) is 30.9 Å². The second-order valence-corrected chi connectivity index (χ2v) is 5.98. The van der Waals surface area contributed by atoms with Crippen molar-refractivity contribution in [2.45, 2.75) is 31.6 Å². The van der Waals surface area contributed by atoms with Crippen molar-refractivity contribution in [2.75, 3.05) is 23.8 Å². The van der Waals surface area contributed by atoms with Gasteiger partial charge in [0, 0.05) is 32.5 Å². The normalized spacial score (nSPS) is 17.3. The van der Waals surface area contributed by atoms with E-state index in [2.05, 4.69) is 5.32 Å². The Balaban J connectivity index is 2.07. The van der Waals surface area contributed by atoms with Gasteiger partial charge >= 0.3 is 6.09 Å². The highest BCUT2D eigenvalue weighted by molar-refractivity contribution is 5.86. The first-order valence-electron chi connectivity index (χ1n) is 7.56. The number of benzene rings is 1. The molecule has 1 fully saturated rings. The maximum atomic E-state index is 13.1. The van der Waals surface area contributed by atoms with Crippen LogP contribution in [0.25, 0.3) is 0 Å². The molecular weight excluding hydrogens is 324 g/mol. The molecular formula is C15H19F2N3O4. The Kier molecular flexibility index (Phi) is 5.20. The standard InChI is InChI=1S/C15H19F2N3O4/c1-19(14(21)22)11-2-3-12(13(8-11)20(23)24)18-9-10-4-6-15(16,17)7-5-10/h2-3,8,10,18H,4-7,9H2,1H3,(H,21,22). The van der Waals surface area contributed by atoms with Crippen molar-refractivity contribution in [3.8, 4) is 0 Å². The van der Waals surface area contributed by atoms with Gasteiger partial charge in [-0.1, -0.05) is 0 Å². The molecule has 9 heteroatoms. The monoisotopic (exact) mass is 343 g/mol. The number of nitro groups is 1. The zero-order chi connectivity index (χ0) is 17.9. The highest BCUT2D eigenvalue weighted by atomic mass is 19.3. The number of amides is 1. The number of carbonyl (C=O) groups is 1. The molecule has 7 nitrogen and oxygen atoms in total. The zero-order valence-corrected chi connectivity index (χ0v) is 13.2. The smallest absolute Gasteiger partial charge is 0.411 e. The molecule has 1 saturated carbocycles. The van der Waals surface area contributed by atoms with Crippen molar-refractivity contribution < 1.29 is 23.6 Å². The molecule has 2 N–H and O–H groups in total. The van der Waals surface area contributed by atoms with Gasteiger partial charge < -0.3 is 10.4 Å². The molecule has 132 valence electrons. The zero-order valence-electron chi connectivity index (χ0n) is 13.2. The van der Waals surface area contributed by atoms with Gasteiger partial charge in [0.1, 0.15) is 5.69 Å².